The second kappa shape index (κ2) is 9.64. The molecule has 1 N–H and O–H groups in total. The summed E-state index contributed by atoms with van der Waals surface area (Å²) in [6.45, 7) is 2.77. The summed E-state index contributed by atoms with van der Waals surface area (Å²) in [5, 5.41) is 12.4. The first kappa shape index (κ1) is 23.3. The molecule has 1 aromatic carbocycles. The number of hydrogen-bond donors (Lipinski definition) is 1. The van der Waals surface area contributed by atoms with Gasteiger partial charge < -0.3 is 9.51 Å². The summed E-state index contributed by atoms with van der Waals surface area (Å²) in [6, 6.07) is 3.22. The molecule has 0 aliphatic heterocycles. The van der Waals surface area contributed by atoms with E-state index in [-0.39, 0.29) is 23.4 Å². The Bertz CT molecular complexity index is 1570. The van der Waals surface area contributed by atoms with E-state index in [4.69, 9.17) is 4.52 Å². The number of H-pyrrole nitrogens is 1. The van der Waals surface area contributed by atoms with Gasteiger partial charge in [-0.2, -0.15) is 4.98 Å². The largest absolute Gasteiger partial charge is 0.339 e. The first-order valence-corrected chi connectivity index (χ1v) is 12.0. The molecule has 0 amide bonds. The van der Waals surface area contributed by atoms with Crippen molar-refractivity contribution in [2.75, 3.05) is 0 Å². The molecule has 0 saturated carbocycles. The van der Waals surface area contributed by atoms with Crippen LogP contribution in [0.25, 0.3) is 16.9 Å². The normalized spacial score (nSPS) is 11.8. The van der Waals surface area contributed by atoms with Gasteiger partial charge in [-0.15, -0.1) is 10.2 Å². The van der Waals surface area contributed by atoms with Crippen molar-refractivity contribution in [2.45, 2.75) is 52.0 Å². The maximum absolute atomic E-state index is 13.9. The Hall–Kier alpha value is -3.48. The van der Waals surface area contributed by atoms with E-state index in [1.54, 1.807) is 0 Å². The summed E-state index contributed by atoms with van der Waals surface area (Å²) in [7, 11) is 0. The zero-order chi connectivity index (χ0) is 24.5. The lowest BCUT2D eigenvalue weighted by molar-refractivity contribution is 0.372. The van der Waals surface area contributed by atoms with Gasteiger partial charge in [-0.1, -0.05) is 24.9 Å². The highest BCUT2D eigenvalue weighted by atomic mass is 79.9. The van der Waals surface area contributed by atoms with Crippen molar-refractivity contribution in [3.63, 3.8) is 0 Å². The Kier molecular flexibility index (Phi) is 6.41. The van der Waals surface area contributed by atoms with E-state index in [0.717, 1.165) is 37.5 Å². The molecule has 35 heavy (non-hydrogen) atoms. The fraction of sp³-hybridized carbons (Fsp3) is 0.364. The Balaban J connectivity index is 1.40. The minimum absolute atomic E-state index is 0.00386. The van der Waals surface area contributed by atoms with Crippen LogP contribution in [0.15, 0.2) is 32.3 Å². The zero-order valence-corrected chi connectivity index (χ0v) is 20.3. The maximum Gasteiger partial charge on any atom is 0.286 e. The lowest BCUT2D eigenvalue weighted by Gasteiger charge is -2.09. The van der Waals surface area contributed by atoms with Crippen molar-refractivity contribution in [3.8, 4) is 0 Å². The van der Waals surface area contributed by atoms with E-state index >= 15 is 0 Å². The van der Waals surface area contributed by atoms with E-state index in [1.165, 1.54) is 4.40 Å². The molecule has 5 rings (SSSR count). The third-order valence-electron chi connectivity index (χ3n) is 5.70. The van der Waals surface area contributed by atoms with Crippen molar-refractivity contribution >= 4 is 32.9 Å². The van der Waals surface area contributed by atoms with Crippen LogP contribution in [-0.2, 0) is 25.8 Å². The molecule has 4 heterocycles. The summed E-state index contributed by atoms with van der Waals surface area (Å²) in [4.78, 5) is 24.9. The predicted molar refractivity (Wildman–Crippen MR) is 125 cm³/mol. The molecule has 0 bridgehead atoms. The lowest BCUT2D eigenvalue weighted by Crippen LogP contribution is -2.21. The van der Waals surface area contributed by atoms with Crippen LogP contribution in [0, 0.1) is 11.6 Å². The molecule has 13 heteroatoms. The van der Waals surface area contributed by atoms with Crippen molar-refractivity contribution in [3.05, 3.63) is 68.0 Å². The van der Waals surface area contributed by atoms with Gasteiger partial charge in [0.25, 0.3) is 5.56 Å². The van der Waals surface area contributed by atoms with Gasteiger partial charge in [0.05, 0.1) is 0 Å². The number of imidazole rings is 1. The number of aryl methyl sites for hydroxylation is 3. The van der Waals surface area contributed by atoms with E-state index in [1.807, 2.05) is 4.57 Å². The topological polar surface area (TPSA) is 120 Å². The SMILES string of the molecule is CCCCCn1c2nc(Br)[nH]c2c(=O)n2c(CCc3nc(Cc4cc(F)ccc4F)no3)nnc12. The van der Waals surface area contributed by atoms with Crippen LogP contribution in [0.1, 0.15) is 49.3 Å². The lowest BCUT2D eigenvalue weighted by atomic mass is 10.1. The van der Waals surface area contributed by atoms with E-state index in [0.29, 0.717) is 52.8 Å². The molecule has 0 unspecified atom stereocenters. The summed E-state index contributed by atoms with van der Waals surface area (Å²) >= 11 is 3.31. The standard InChI is InChI=1S/C22H21BrF2N8O2/c1-2-3-4-9-32-19-18(27-21(23)28-19)20(34)33-16(29-30-22(32)33)7-8-17-26-15(31-35-17)11-12-10-13(24)5-6-14(12)25/h5-6,10H,2-4,7-9,11H2,1H3,(H,27,28). The Labute approximate surface area is 205 Å². The van der Waals surface area contributed by atoms with Crippen LogP contribution in [0.4, 0.5) is 8.78 Å². The van der Waals surface area contributed by atoms with Gasteiger partial charge in [0.2, 0.25) is 11.7 Å². The highest BCUT2D eigenvalue weighted by molar-refractivity contribution is 9.10. The first-order valence-electron chi connectivity index (χ1n) is 11.2. The molecular formula is C22H21BrF2N8O2. The number of aromatic amines is 1. The van der Waals surface area contributed by atoms with Crippen LogP contribution < -0.4 is 5.56 Å². The van der Waals surface area contributed by atoms with E-state index in [9.17, 15) is 13.6 Å². The number of aromatic nitrogens is 8. The van der Waals surface area contributed by atoms with Crippen LogP contribution in [0.3, 0.4) is 0 Å². The third kappa shape index (κ3) is 4.59. The Morgan fingerprint density at radius 1 is 1.14 bits per heavy atom. The number of rotatable bonds is 9. The number of halogens is 3. The monoisotopic (exact) mass is 546 g/mol. The summed E-state index contributed by atoms with van der Waals surface area (Å²) in [5.74, 6) is 0.306. The van der Waals surface area contributed by atoms with E-state index in [2.05, 4.69) is 53.2 Å². The number of nitrogens with one attached hydrogen (secondary N) is 1. The Morgan fingerprint density at radius 2 is 2.00 bits per heavy atom. The van der Waals surface area contributed by atoms with Gasteiger partial charge in [0.1, 0.15) is 17.5 Å². The van der Waals surface area contributed by atoms with Crippen molar-refractivity contribution in [1.29, 1.82) is 0 Å². The zero-order valence-electron chi connectivity index (χ0n) is 18.8. The molecule has 0 spiro atoms. The van der Waals surface area contributed by atoms with Gasteiger partial charge in [0.15, 0.2) is 21.7 Å². The quantitative estimate of drug-likeness (QED) is 0.221. The number of unbranched alkanes of at least 4 members (excludes halogenated alkanes) is 2. The maximum atomic E-state index is 13.9. The van der Waals surface area contributed by atoms with Gasteiger partial charge in [-0.05, 0) is 46.1 Å². The minimum atomic E-state index is -0.542. The van der Waals surface area contributed by atoms with Gasteiger partial charge in [0, 0.05) is 25.8 Å². The second-order valence-corrected chi connectivity index (χ2v) is 8.91. The van der Waals surface area contributed by atoms with Crippen molar-refractivity contribution in [1.82, 2.24) is 39.3 Å². The average molecular weight is 547 g/mol. The minimum Gasteiger partial charge on any atom is -0.339 e. The highest BCUT2D eigenvalue weighted by Crippen LogP contribution is 2.18. The molecule has 0 fully saturated rings. The van der Waals surface area contributed by atoms with Gasteiger partial charge in [-0.3, -0.25) is 9.36 Å². The van der Waals surface area contributed by atoms with Gasteiger partial charge in [-0.25, -0.2) is 18.2 Å². The molecule has 4 aromatic heterocycles. The molecule has 0 saturated heterocycles. The molecule has 182 valence electrons. The smallest absolute Gasteiger partial charge is 0.286 e. The first-order chi connectivity index (χ1) is 16.9. The van der Waals surface area contributed by atoms with Crippen LogP contribution in [0.5, 0.6) is 0 Å². The fourth-order valence-electron chi connectivity index (χ4n) is 4.00. The highest BCUT2D eigenvalue weighted by Gasteiger charge is 2.20. The summed E-state index contributed by atoms with van der Waals surface area (Å²) < 4.78 is 36.4. The molecule has 0 aliphatic carbocycles. The van der Waals surface area contributed by atoms with Crippen molar-refractivity contribution in [2.24, 2.45) is 0 Å². The average Bonchev–Trinajstić information content (AvgIpc) is 3.56. The predicted octanol–water partition coefficient (Wildman–Crippen LogP) is 3.76. The second-order valence-electron chi connectivity index (χ2n) is 8.16. The molecule has 5 aromatic rings. The van der Waals surface area contributed by atoms with Gasteiger partial charge >= 0.3 is 0 Å². The number of benzene rings is 1. The number of hydrogen-bond acceptors (Lipinski definition) is 7. The Morgan fingerprint density at radius 3 is 2.83 bits per heavy atom. The number of nitrogens with zero attached hydrogens (tertiary/aromatic N) is 7. The molecule has 0 atom stereocenters. The van der Waals surface area contributed by atoms with Crippen LogP contribution >= 0.6 is 15.9 Å². The van der Waals surface area contributed by atoms with Crippen LogP contribution in [-0.4, -0.2) is 39.3 Å². The molecular weight excluding hydrogens is 526 g/mol. The molecule has 10 nitrogen and oxygen atoms in total. The summed E-state index contributed by atoms with van der Waals surface area (Å²) in [6.07, 6.45) is 3.59. The molecule has 0 radical (unpaired) electrons. The molecule has 0 aliphatic rings. The third-order valence-corrected chi connectivity index (χ3v) is 6.07. The van der Waals surface area contributed by atoms with E-state index < -0.39 is 11.6 Å². The summed E-state index contributed by atoms with van der Waals surface area (Å²) in [5.41, 5.74) is 0.724. The number of fused-ring (bicyclic) bond motifs is 2. The van der Waals surface area contributed by atoms with Crippen molar-refractivity contribution < 1.29 is 13.3 Å². The fourth-order valence-corrected chi connectivity index (χ4v) is 4.36. The van der Waals surface area contributed by atoms with Crippen LogP contribution in [0.2, 0.25) is 0 Å².